The number of carbonyl (C=O) groups is 1. The zero-order valence-electron chi connectivity index (χ0n) is 19.0. The Morgan fingerprint density at radius 1 is 1.14 bits per heavy atom. The number of fused-ring (bicyclic) bond motifs is 1. The first kappa shape index (κ1) is 24.7. The van der Waals surface area contributed by atoms with Crippen LogP contribution in [0.15, 0.2) is 53.6 Å². The summed E-state index contributed by atoms with van der Waals surface area (Å²) >= 11 is 0. The predicted octanol–water partition coefficient (Wildman–Crippen LogP) is 3.89. The number of nitrogens with one attached hydrogen (secondary N) is 2. The lowest BCUT2D eigenvalue weighted by Crippen LogP contribution is -2.31. The Balaban J connectivity index is 1.58. The smallest absolute Gasteiger partial charge is 0.416 e. The maximum atomic E-state index is 13.9. The summed E-state index contributed by atoms with van der Waals surface area (Å²) in [5.41, 5.74) is -0.412. The second-order valence-corrected chi connectivity index (χ2v) is 7.76. The van der Waals surface area contributed by atoms with Crippen molar-refractivity contribution in [3.05, 3.63) is 70.5 Å². The van der Waals surface area contributed by atoms with E-state index in [-0.39, 0.29) is 29.1 Å². The van der Waals surface area contributed by atoms with E-state index in [1.54, 1.807) is 6.07 Å². The van der Waals surface area contributed by atoms with E-state index in [4.69, 9.17) is 4.74 Å². The lowest BCUT2D eigenvalue weighted by molar-refractivity contribution is -0.137. The van der Waals surface area contributed by atoms with E-state index >= 15 is 0 Å². The summed E-state index contributed by atoms with van der Waals surface area (Å²) in [6, 6.07) is 7.53. The van der Waals surface area contributed by atoms with Gasteiger partial charge in [-0.1, -0.05) is 0 Å². The number of aryl methyl sites for hydroxylation is 1. The van der Waals surface area contributed by atoms with Crippen LogP contribution in [0.5, 0.6) is 5.75 Å². The Morgan fingerprint density at radius 3 is 2.44 bits per heavy atom. The first-order valence-electron chi connectivity index (χ1n) is 10.5. The van der Waals surface area contributed by atoms with Gasteiger partial charge in [-0.2, -0.15) is 18.3 Å². The number of alkyl halides is 3. The third kappa shape index (κ3) is 4.85. The first-order valence-corrected chi connectivity index (χ1v) is 10.5. The molecule has 0 amide bonds. The molecule has 4 rings (SSSR count). The van der Waals surface area contributed by atoms with Gasteiger partial charge in [0.25, 0.3) is 5.56 Å². The number of hydrogen-bond donors (Lipinski definition) is 2. The van der Waals surface area contributed by atoms with E-state index in [0.29, 0.717) is 17.7 Å². The summed E-state index contributed by atoms with van der Waals surface area (Å²) in [6.07, 6.45) is -2.73. The number of aldehydes is 1. The van der Waals surface area contributed by atoms with Crippen molar-refractivity contribution in [3.8, 4) is 5.75 Å². The third-order valence-corrected chi connectivity index (χ3v) is 5.43. The quantitative estimate of drug-likeness (QED) is 0.277. The molecule has 2 heterocycles. The molecule has 0 radical (unpaired) electrons. The molecule has 36 heavy (non-hydrogen) atoms. The second-order valence-electron chi connectivity index (χ2n) is 7.76. The van der Waals surface area contributed by atoms with E-state index < -0.39 is 29.2 Å². The second kappa shape index (κ2) is 9.68. The standard InChI is InChI=1S/C23H20F4N6O3/c1-32-20-19(21(31-32)30-14-5-3-13(4-6-14)23(25,26)27)29-12-33(22(20)35)16(11-34)10-28-15-7-8-18(36-2)17(24)9-15/h3-9,11-12,16,28H,10H2,1-2H3,(H,30,31). The molecule has 1 atom stereocenters. The molecule has 188 valence electrons. The summed E-state index contributed by atoms with van der Waals surface area (Å²) in [4.78, 5) is 29.2. The lowest BCUT2D eigenvalue weighted by atomic mass is 10.2. The van der Waals surface area contributed by atoms with Crippen molar-refractivity contribution in [3.63, 3.8) is 0 Å². The Labute approximate surface area is 201 Å². The monoisotopic (exact) mass is 504 g/mol. The van der Waals surface area contributed by atoms with Crippen LogP contribution in [0.25, 0.3) is 11.0 Å². The maximum Gasteiger partial charge on any atom is 0.416 e. The molecule has 0 bridgehead atoms. The summed E-state index contributed by atoms with van der Waals surface area (Å²) in [5.74, 6) is -0.366. The van der Waals surface area contributed by atoms with Gasteiger partial charge in [-0.25, -0.2) is 9.37 Å². The summed E-state index contributed by atoms with van der Waals surface area (Å²) in [6.45, 7) is -0.0309. The van der Waals surface area contributed by atoms with Gasteiger partial charge in [-0.05, 0) is 36.4 Å². The molecule has 0 aliphatic heterocycles. The van der Waals surface area contributed by atoms with Crippen LogP contribution < -0.4 is 20.9 Å². The number of nitrogens with zero attached hydrogens (tertiary/aromatic N) is 4. The van der Waals surface area contributed by atoms with Crippen LogP contribution in [0.1, 0.15) is 11.6 Å². The molecule has 0 saturated heterocycles. The molecule has 0 saturated carbocycles. The van der Waals surface area contributed by atoms with E-state index in [2.05, 4.69) is 20.7 Å². The molecule has 13 heteroatoms. The van der Waals surface area contributed by atoms with Crippen LogP contribution in [0.4, 0.5) is 34.8 Å². The highest BCUT2D eigenvalue weighted by atomic mass is 19.4. The van der Waals surface area contributed by atoms with E-state index in [0.717, 1.165) is 16.7 Å². The van der Waals surface area contributed by atoms with Gasteiger partial charge in [0.15, 0.2) is 22.9 Å². The highest BCUT2D eigenvalue weighted by Gasteiger charge is 2.30. The van der Waals surface area contributed by atoms with E-state index in [1.807, 2.05) is 0 Å². The van der Waals surface area contributed by atoms with Gasteiger partial charge < -0.3 is 20.2 Å². The van der Waals surface area contributed by atoms with Gasteiger partial charge in [-0.15, -0.1) is 0 Å². The van der Waals surface area contributed by atoms with Crippen LogP contribution in [-0.4, -0.2) is 39.3 Å². The number of anilines is 3. The number of carbonyl (C=O) groups excluding carboxylic acids is 1. The third-order valence-electron chi connectivity index (χ3n) is 5.43. The topological polar surface area (TPSA) is 103 Å². The number of halogens is 4. The maximum absolute atomic E-state index is 13.9. The Bertz CT molecular complexity index is 1460. The fraction of sp³-hybridized carbons (Fsp3) is 0.217. The van der Waals surface area contributed by atoms with Gasteiger partial charge in [0.05, 0.1) is 19.0 Å². The molecular weight excluding hydrogens is 484 g/mol. The van der Waals surface area contributed by atoms with Crippen LogP contribution in [0.2, 0.25) is 0 Å². The molecule has 2 aromatic carbocycles. The highest BCUT2D eigenvalue weighted by Crippen LogP contribution is 2.31. The predicted molar refractivity (Wildman–Crippen MR) is 124 cm³/mol. The minimum absolute atomic E-state index is 0.0309. The van der Waals surface area contributed by atoms with Gasteiger partial charge in [0.2, 0.25) is 0 Å². The Kier molecular flexibility index (Phi) is 6.64. The Morgan fingerprint density at radius 2 is 1.83 bits per heavy atom. The number of rotatable bonds is 8. The molecule has 0 aliphatic rings. The van der Waals surface area contributed by atoms with Crippen molar-refractivity contribution < 1.29 is 27.1 Å². The fourth-order valence-corrected chi connectivity index (χ4v) is 3.58. The van der Waals surface area contributed by atoms with Gasteiger partial charge in [0.1, 0.15) is 17.8 Å². The van der Waals surface area contributed by atoms with Gasteiger partial charge >= 0.3 is 6.18 Å². The van der Waals surface area contributed by atoms with Crippen LogP contribution >= 0.6 is 0 Å². The average Bonchev–Trinajstić information content (AvgIpc) is 3.16. The van der Waals surface area contributed by atoms with Crippen LogP contribution in [-0.2, 0) is 18.0 Å². The molecule has 2 N–H and O–H groups in total. The minimum Gasteiger partial charge on any atom is -0.494 e. The van der Waals surface area contributed by atoms with Gasteiger partial charge in [-0.3, -0.25) is 14.0 Å². The summed E-state index contributed by atoms with van der Waals surface area (Å²) < 4.78 is 59.6. The molecule has 9 nitrogen and oxygen atoms in total. The molecule has 4 aromatic rings. The van der Waals surface area contributed by atoms with Crippen molar-refractivity contribution in [1.82, 2.24) is 19.3 Å². The van der Waals surface area contributed by atoms with Crippen molar-refractivity contribution in [2.24, 2.45) is 7.05 Å². The van der Waals surface area contributed by atoms with Crippen molar-refractivity contribution >= 4 is 34.5 Å². The SMILES string of the molecule is COc1ccc(NCC(C=O)n2cnc3c(Nc4ccc(C(F)(F)F)cc4)nn(C)c3c2=O)cc1F. The molecule has 0 spiro atoms. The largest absolute Gasteiger partial charge is 0.494 e. The van der Waals surface area contributed by atoms with Crippen LogP contribution in [0.3, 0.4) is 0 Å². The molecule has 0 fully saturated rings. The number of hydrogen-bond acceptors (Lipinski definition) is 7. The van der Waals surface area contributed by atoms with Crippen molar-refractivity contribution in [1.29, 1.82) is 0 Å². The fourth-order valence-electron chi connectivity index (χ4n) is 3.58. The lowest BCUT2D eigenvalue weighted by Gasteiger charge is -2.16. The number of benzene rings is 2. The average molecular weight is 504 g/mol. The molecule has 1 unspecified atom stereocenters. The van der Waals surface area contributed by atoms with Gasteiger partial charge in [0, 0.05) is 31.0 Å². The Hall–Kier alpha value is -4.42. The van der Waals surface area contributed by atoms with E-state index in [9.17, 15) is 27.2 Å². The van der Waals surface area contributed by atoms with E-state index in [1.165, 1.54) is 49.4 Å². The summed E-state index contributed by atoms with van der Waals surface area (Å²) in [7, 11) is 2.84. The molecule has 2 aromatic heterocycles. The highest BCUT2D eigenvalue weighted by molar-refractivity contribution is 5.87. The zero-order valence-corrected chi connectivity index (χ0v) is 19.0. The van der Waals surface area contributed by atoms with Crippen molar-refractivity contribution in [2.45, 2.75) is 12.2 Å². The molecule has 0 aliphatic carbocycles. The zero-order chi connectivity index (χ0) is 26.0. The number of methoxy groups -OCH3 is 1. The van der Waals surface area contributed by atoms with Crippen LogP contribution in [0, 0.1) is 5.82 Å². The van der Waals surface area contributed by atoms with Crippen molar-refractivity contribution in [2.75, 3.05) is 24.3 Å². The normalized spacial score (nSPS) is 12.4. The number of ether oxygens (including phenoxy) is 1. The summed E-state index contributed by atoms with van der Waals surface area (Å²) in [5, 5.41) is 9.97. The minimum atomic E-state index is -4.46. The molecular formula is C23H20F4N6O3. The number of aromatic nitrogens is 4. The first-order chi connectivity index (χ1) is 17.1.